The Morgan fingerprint density at radius 3 is 2.50 bits per heavy atom. The molecule has 1 amide bonds. The van der Waals surface area contributed by atoms with E-state index in [9.17, 15) is 9.59 Å². The molecule has 0 spiro atoms. The summed E-state index contributed by atoms with van der Waals surface area (Å²) in [5.41, 5.74) is 2.51. The molecule has 1 unspecified atom stereocenters. The lowest BCUT2D eigenvalue weighted by molar-refractivity contribution is -0.121. The third-order valence-electron chi connectivity index (χ3n) is 4.60. The molecule has 6 nitrogen and oxygen atoms in total. The van der Waals surface area contributed by atoms with E-state index in [-0.39, 0.29) is 24.1 Å². The van der Waals surface area contributed by atoms with Crippen LogP contribution in [-0.4, -0.2) is 22.2 Å². The number of rotatable bonds is 6. The summed E-state index contributed by atoms with van der Waals surface area (Å²) in [5.74, 6) is 0.633. The second-order valence-electron chi connectivity index (χ2n) is 6.26. The van der Waals surface area contributed by atoms with Crippen LogP contribution < -0.4 is 15.7 Å². The van der Waals surface area contributed by atoms with Crippen molar-refractivity contribution in [1.82, 2.24) is 14.5 Å². The highest BCUT2D eigenvalue weighted by Crippen LogP contribution is 2.24. The Balaban J connectivity index is 1.70. The number of nitrogens with one attached hydrogen (secondary N) is 1. The molecule has 3 rings (SSSR count). The standard InChI is InChI=1S/C20H23N3O3/c1-14(15-8-4-7-11-18(15)26-3)21-19(24)12-13-23-17-10-6-5-9-16(17)22(2)20(23)25/h4-11,14H,12-13H2,1-3H3,(H,21,24). The van der Waals surface area contributed by atoms with Gasteiger partial charge in [-0.3, -0.25) is 13.9 Å². The first-order valence-electron chi connectivity index (χ1n) is 8.59. The summed E-state index contributed by atoms with van der Waals surface area (Å²) in [6.45, 7) is 2.25. The van der Waals surface area contributed by atoms with Crippen molar-refractivity contribution in [2.75, 3.05) is 7.11 Å². The van der Waals surface area contributed by atoms with Crippen LogP contribution in [0.1, 0.15) is 24.9 Å². The lowest BCUT2D eigenvalue weighted by atomic mass is 10.1. The largest absolute Gasteiger partial charge is 0.496 e. The van der Waals surface area contributed by atoms with Crippen molar-refractivity contribution >= 4 is 16.9 Å². The van der Waals surface area contributed by atoms with Gasteiger partial charge in [-0.05, 0) is 25.1 Å². The predicted octanol–water partition coefficient (Wildman–Crippen LogP) is 2.62. The molecule has 0 saturated heterocycles. The van der Waals surface area contributed by atoms with Crippen LogP contribution in [0.3, 0.4) is 0 Å². The van der Waals surface area contributed by atoms with Gasteiger partial charge in [-0.15, -0.1) is 0 Å². The predicted molar refractivity (Wildman–Crippen MR) is 101 cm³/mol. The second-order valence-corrected chi connectivity index (χ2v) is 6.26. The smallest absolute Gasteiger partial charge is 0.328 e. The van der Waals surface area contributed by atoms with Gasteiger partial charge in [0, 0.05) is 25.6 Å². The van der Waals surface area contributed by atoms with E-state index >= 15 is 0 Å². The Kier molecular flexibility index (Phi) is 5.11. The Labute approximate surface area is 152 Å². The highest BCUT2D eigenvalue weighted by atomic mass is 16.5. The summed E-state index contributed by atoms with van der Waals surface area (Å²) < 4.78 is 8.59. The van der Waals surface area contributed by atoms with Crippen molar-refractivity contribution in [3.63, 3.8) is 0 Å². The minimum atomic E-state index is -0.178. The van der Waals surface area contributed by atoms with Crippen LogP contribution in [0.4, 0.5) is 0 Å². The monoisotopic (exact) mass is 353 g/mol. The lowest BCUT2D eigenvalue weighted by Crippen LogP contribution is -2.29. The van der Waals surface area contributed by atoms with Gasteiger partial charge >= 0.3 is 5.69 Å². The zero-order valence-electron chi connectivity index (χ0n) is 15.2. The van der Waals surface area contributed by atoms with Crippen LogP contribution in [0, 0.1) is 0 Å². The molecule has 26 heavy (non-hydrogen) atoms. The molecule has 1 N–H and O–H groups in total. The molecule has 1 heterocycles. The molecule has 2 aromatic carbocycles. The van der Waals surface area contributed by atoms with Gasteiger partial charge < -0.3 is 10.1 Å². The number of aromatic nitrogens is 2. The number of amides is 1. The van der Waals surface area contributed by atoms with Gasteiger partial charge in [0.2, 0.25) is 5.91 Å². The number of benzene rings is 2. The van der Waals surface area contributed by atoms with Gasteiger partial charge in [-0.2, -0.15) is 0 Å². The number of methoxy groups -OCH3 is 1. The van der Waals surface area contributed by atoms with Gasteiger partial charge in [-0.25, -0.2) is 4.79 Å². The van der Waals surface area contributed by atoms with Crippen molar-refractivity contribution < 1.29 is 9.53 Å². The molecule has 0 aliphatic heterocycles. The SMILES string of the molecule is COc1ccccc1C(C)NC(=O)CCn1c(=O)n(C)c2ccccc21. The number of para-hydroxylation sites is 3. The highest BCUT2D eigenvalue weighted by Gasteiger charge is 2.15. The molecule has 3 aromatic rings. The number of hydrogen-bond donors (Lipinski definition) is 1. The normalized spacial score (nSPS) is 12.1. The van der Waals surface area contributed by atoms with Gasteiger partial charge in [-0.1, -0.05) is 30.3 Å². The molecule has 136 valence electrons. The van der Waals surface area contributed by atoms with E-state index in [0.29, 0.717) is 6.54 Å². The average molecular weight is 353 g/mol. The topological polar surface area (TPSA) is 65.3 Å². The summed E-state index contributed by atoms with van der Waals surface area (Å²) in [5, 5.41) is 2.97. The minimum absolute atomic E-state index is 0.108. The summed E-state index contributed by atoms with van der Waals surface area (Å²) >= 11 is 0. The quantitative estimate of drug-likeness (QED) is 0.741. The van der Waals surface area contributed by atoms with E-state index < -0.39 is 0 Å². The van der Waals surface area contributed by atoms with E-state index in [1.54, 1.807) is 23.3 Å². The van der Waals surface area contributed by atoms with Crippen LogP contribution in [0.5, 0.6) is 5.75 Å². The zero-order valence-corrected chi connectivity index (χ0v) is 15.2. The van der Waals surface area contributed by atoms with Crippen LogP contribution in [-0.2, 0) is 18.4 Å². The maximum atomic E-state index is 12.4. The Morgan fingerprint density at radius 1 is 1.12 bits per heavy atom. The maximum absolute atomic E-state index is 12.4. The molecule has 0 saturated carbocycles. The van der Waals surface area contributed by atoms with Crippen LogP contribution in [0.25, 0.3) is 11.0 Å². The fraction of sp³-hybridized carbons (Fsp3) is 0.300. The van der Waals surface area contributed by atoms with Crippen molar-refractivity contribution in [2.45, 2.75) is 25.9 Å². The first-order valence-corrected chi connectivity index (χ1v) is 8.59. The van der Waals surface area contributed by atoms with Crippen LogP contribution >= 0.6 is 0 Å². The number of carbonyl (C=O) groups excluding carboxylic acids is 1. The Morgan fingerprint density at radius 2 is 1.77 bits per heavy atom. The van der Waals surface area contributed by atoms with E-state index in [2.05, 4.69) is 5.32 Å². The molecule has 0 bridgehead atoms. The van der Waals surface area contributed by atoms with Gasteiger partial charge in [0.1, 0.15) is 5.75 Å². The minimum Gasteiger partial charge on any atom is -0.496 e. The number of fused-ring (bicyclic) bond motifs is 1. The number of nitrogens with zero attached hydrogens (tertiary/aromatic N) is 2. The Bertz CT molecular complexity index is 987. The van der Waals surface area contributed by atoms with Crippen molar-refractivity contribution in [1.29, 1.82) is 0 Å². The number of hydrogen-bond acceptors (Lipinski definition) is 3. The first kappa shape index (κ1) is 17.8. The highest BCUT2D eigenvalue weighted by molar-refractivity contribution is 5.78. The molecule has 0 aliphatic rings. The molecular weight excluding hydrogens is 330 g/mol. The molecule has 1 aromatic heterocycles. The molecular formula is C20H23N3O3. The third-order valence-corrected chi connectivity index (χ3v) is 4.60. The number of aryl methyl sites for hydroxylation is 2. The summed E-state index contributed by atoms with van der Waals surface area (Å²) in [6, 6.07) is 15.0. The molecule has 6 heteroatoms. The average Bonchev–Trinajstić information content (AvgIpc) is 2.90. The lowest BCUT2D eigenvalue weighted by Gasteiger charge is -2.17. The van der Waals surface area contributed by atoms with Crippen LogP contribution in [0.15, 0.2) is 53.3 Å². The van der Waals surface area contributed by atoms with E-state index in [1.807, 2.05) is 55.5 Å². The van der Waals surface area contributed by atoms with Gasteiger partial charge in [0.15, 0.2) is 0 Å². The third kappa shape index (κ3) is 3.35. The second kappa shape index (κ2) is 7.47. The number of carbonyl (C=O) groups is 1. The fourth-order valence-corrected chi connectivity index (χ4v) is 3.21. The Hall–Kier alpha value is -3.02. The number of ether oxygens (including phenoxy) is 1. The summed E-state index contributed by atoms with van der Waals surface area (Å²) in [6.07, 6.45) is 0.230. The first-order chi connectivity index (χ1) is 12.5. The molecule has 0 fully saturated rings. The number of imidazole rings is 1. The van der Waals surface area contributed by atoms with E-state index in [4.69, 9.17) is 4.74 Å². The summed E-state index contributed by atoms with van der Waals surface area (Å²) in [7, 11) is 3.35. The van der Waals surface area contributed by atoms with Gasteiger partial charge in [0.05, 0.1) is 24.2 Å². The van der Waals surface area contributed by atoms with Crippen molar-refractivity contribution in [3.8, 4) is 5.75 Å². The van der Waals surface area contributed by atoms with E-state index in [1.165, 1.54) is 0 Å². The molecule has 1 atom stereocenters. The zero-order chi connectivity index (χ0) is 18.7. The van der Waals surface area contributed by atoms with Crippen molar-refractivity contribution in [3.05, 3.63) is 64.6 Å². The van der Waals surface area contributed by atoms with Crippen molar-refractivity contribution in [2.24, 2.45) is 7.05 Å². The summed E-state index contributed by atoms with van der Waals surface area (Å²) in [4.78, 5) is 24.8. The van der Waals surface area contributed by atoms with Gasteiger partial charge in [0.25, 0.3) is 0 Å². The molecule has 0 radical (unpaired) electrons. The van der Waals surface area contributed by atoms with E-state index in [0.717, 1.165) is 22.3 Å². The fourth-order valence-electron chi connectivity index (χ4n) is 3.21. The van der Waals surface area contributed by atoms with Crippen LogP contribution in [0.2, 0.25) is 0 Å². The molecule has 0 aliphatic carbocycles. The maximum Gasteiger partial charge on any atom is 0.328 e.